The van der Waals surface area contributed by atoms with Crippen LogP contribution in [0, 0.1) is 5.92 Å². The van der Waals surface area contributed by atoms with Crippen molar-refractivity contribution >= 4 is 18.2 Å². The molecule has 9 heteroatoms. The summed E-state index contributed by atoms with van der Waals surface area (Å²) >= 11 is 0. The zero-order valence-corrected chi connectivity index (χ0v) is 11.0. The Hall–Kier alpha value is -1.55. The Balaban J connectivity index is 4.26. The summed E-state index contributed by atoms with van der Waals surface area (Å²) in [6, 6.07) is -0.922. The fourth-order valence-electron chi connectivity index (χ4n) is 1.40. The van der Waals surface area contributed by atoms with Gasteiger partial charge < -0.3 is 36.3 Å². The number of hydrogen-bond donors (Lipinski definition) is 6. The third-order valence-electron chi connectivity index (χ3n) is 2.73. The highest BCUT2D eigenvalue weighted by Crippen LogP contribution is 2.10. The number of aliphatic hydroxyl groups is 3. The van der Waals surface area contributed by atoms with Crippen LogP contribution in [0.2, 0.25) is 0 Å². The Bertz CT molecular complexity index is 350. The van der Waals surface area contributed by atoms with Gasteiger partial charge in [0.05, 0.1) is 12.1 Å². The Morgan fingerprint density at radius 1 is 1.25 bits per heavy atom. The van der Waals surface area contributed by atoms with E-state index in [1.54, 1.807) is 0 Å². The summed E-state index contributed by atoms with van der Waals surface area (Å²) in [6.07, 6.45) is -5.33. The molecule has 0 unspecified atom stereocenters. The van der Waals surface area contributed by atoms with Crippen LogP contribution in [0.15, 0.2) is 0 Å². The number of rotatable bonds is 9. The minimum atomic E-state index is -2.12. The van der Waals surface area contributed by atoms with Crippen molar-refractivity contribution in [1.29, 1.82) is 0 Å². The first-order valence-electron chi connectivity index (χ1n) is 5.95. The van der Waals surface area contributed by atoms with Crippen LogP contribution in [-0.4, -0.2) is 69.5 Å². The zero-order chi connectivity index (χ0) is 15.9. The van der Waals surface area contributed by atoms with Crippen LogP contribution in [0.5, 0.6) is 0 Å². The lowest BCUT2D eigenvalue weighted by molar-refractivity contribution is -0.160. The largest absolute Gasteiger partial charge is 0.479 e. The summed E-state index contributed by atoms with van der Waals surface area (Å²) in [5.74, 6) is -2.89. The van der Waals surface area contributed by atoms with E-state index in [-0.39, 0.29) is 13.0 Å². The molecule has 0 spiro atoms. The van der Waals surface area contributed by atoms with E-state index < -0.39 is 42.1 Å². The van der Waals surface area contributed by atoms with Gasteiger partial charge in [-0.3, -0.25) is 4.79 Å². The van der Waals surface area contributed by atoms with Crippen LogP contribution in [0.3, 0.4) is 0 Å². The summed E-state index contributed by atoms with van der Waals surface area (Å²) < 4.78 is 0. The molecule has 0 rings (SSSR count). The molecule has 0 fully saturated rings. The van der Waals surface area contributed by atoms with Crippen molar-refractivity contribution in [2.75, 3.05) is 6.54 Å². The molecule has 7 N–H and O–H groups in total. The van der Waals surface area contributed by atoms with E-state index >= 15 is 0 Å². The maximum absolute atomic E-state index is 11.3. The van der Waals surface area contributed by atoms with Crippen molar-refractivity contribution < 1.29 is 34.8 Å². The van der Waals surface area contributed by atoms with Gasteiger partial charge in [-0.2, -0.15) is 0 Å². The van der Waals surface area contributed by atoms with E-state index in [9.17, 15) is 24.6 Å². The van der Waals surface area contributed by atoms with Crippen LogP contribution >= 0.6 is 0 Å². The number of nitrogens with one attached hydrogen (secondary N) is 1. The Labute approximate surface area is 115 Å². The third-order valence-corrected chi connectivity index (χ3v) is 2.73. The van der Waals surface area contributed by atoms with Crippen LogP contribution in [0.25, 0.3) is 0 Å². The fraction of sp³-hybridized carbons (Fsp3) is 0.727. The predicted octanol–water partition coefficient (Wildman–Crippen LogP) is -3.18. The Kier molecular flexibility index (Phi) is 7.92. The first-order valence-corrected chi connectivity index (χ1v) is 5.95. The highest BCUT2D eigenvalue weighted by atomic mass is 16.4. The van der Waals surface area contributed by atoms with E-state index in [0.29, 0.717) is 6.29 Å². The standard InChI is InChI=1S/C11H20N2O7/c1-5(3-13-7(15)2-6(12)4-14)8(16)9(17)10(18)11(19)20/h4-6,8-10,16-18H,2-3,12H2,1H3,(H,13,15)(H,19,20)/t5-,6+,8+,9-,10-/m0/s1. The molecule has 9 nitrogen and oxygen atoms in total. The van der Waals surface area contributed by atoms with E-state index in [4.69, 9.17) is 15.9 Å². The first-order chi connectivity index (χ1) is 9.20. The molecule has 0 saturated carbocycles. The summed E-state index contributed by atoms with van der Waals surface area (Å²) in [5.41, 5.74) is 5.24. The second-order valence-corrected chi connectivity index (χ2v) is 4.55. The Morgan fingerprint density at radius 3 is 2.25 bits per heavy atom. The van der Waals surface area contributed by atoms with Gasteiger partial charge in [0.2, 0.25) is 5.91 Å². The van der Waals surface area contributed by atoms with Gasteiger partial charge in [-0.25, -0.2) is 4.79 Å². The quantitative estimate of drug-likeness (QED) is 0.241. The third kappa shape index (κ3) is 6.06. The molecule has 1 amide bonds. The van der Waals surface area contributed by atoms with Crippen molar-refractivity contribution in [3.63, 3.8) is 0 Å². The number of nitrogens with two attached hydrogens (primary N) is 1. The Morgan fingerprint density at radius 2 is 1.80 bits per heavy atom. The molecule has 5 atom stereocenters. The number of hydrogen-bond acceptors (Lipinski definition) is 7. The van der Waals surface area contributed by atoms with Crippen molar-refractivity contribution in [1.82, 2.24) is 5.32 Å². The highest BCUT2D eigenvalue weighted by Gasteiger charge is 2.33. The van der Waals surface area contributed by atoms with E-state index in [0.717, 1.165) is 0 Å². The van der Waals surface area contributed by atoms with Crippen LogP contribution in [-0.2, 0) is 14.4 Å². The topological polar surface area (TPSA) is 170 Å². The van der Waals surface area contributed by atoms with Crippen LogP contribution in [0.1, 0.15) is 13.3 Å². The second kappa shape index (κ2) is 8.59. The molecule has 0 aromatic heterocycles. The number of carboxylic acid groups (broad SMARTS) is 1. The van der Waals surface area contributed by atoms with Crippen molar-refractivity contribution in [3.05, 3.63) is 0 Å². The van der Waals surface area contributed by atoms with Crippen molar-refractivity contribution in [2.45, 2.75) is 37.7 Å². The minimum Gasteiger partial charge on any atom is -0.479 e. The van der Waals surface area contributed by atoms with Gasteiger partial charge in [0.25, 0.3) is 0 Å². The normalized spacial score (nSPS) is 18.4. The number of carbonyl (C=O) groups excluding carboxylic acids is 2. The molecule has 0 aliphatic carbocycles. The zero-order valence-electron chi connectivity index (χ0n) is 11.0. The number of carboxylic acids is 1. The minimum absolute atomic E-state index is 0.0744. The summed E-state index contributed by atoms with van der Waals surface area (Å²) in [6.45, 7) is 1.37. The van der Waals surface area contributed by atoms with Crippen LogP contribution < -0.4 is 11.1 Å². The monoisotopic (exact) mass is 292 g/mol. The van der Waals surface area contributed by atoms with Gasteiger partial charge >= 0.3 is 5.97 Å². The molecule has 0 saturated heterocycles. The lowest BCUT2D eigenvalue weighted by Crippen LogP contribution is -2.47. The maximum Gasteiger partial charge on any atom is 0.335 e. The molecule has 0 aromatic rings. The number of aliphatic hydroxyl groups excluding tert-OH is 3. The van der Waals surface area contributed by atoms with E-state index in [1.165, 1.54) is 6.92 Å². The number of carbonyl (C=O) groups is 3. The fourth-order valence-corrected chi connectivity index (χ4v) is 1.40. The highest BCUT2D eigenvalue weighted by molar-refractivity contribution is 5.80. The molecule has 0 aliphatic heterocycles. The van der Waals surface area contributed by atoms with E-state index in [2.05, 4.69) is 5.32 Å². The second-order valence-electron chi connectivity index (χ2n) is 4.55. The van der Waals surface area contributed by atoms with Crippen LogP contribution in [0.4, 0.5) is 0 Å². The van der Waals surface area contributed by atoms with Crippen molar-refractivity contribution in [3.8, 4) is 0 Å². The predicted molar refractivity (Wildman–Crippen MR) is 66.5 cm³/mol. The van der Waals surface area contributed by atoms with Gasteiger partial charge in [0.1, 0.15) is 12.4 Å². The van der Waals surface area contributed by atoms with Gasteiger partial charge in [-0.1, -0.05) is 6.92 Å². The van der Waals surface area contributed by atoms with Gasteiger partial charge in [-0.15, -0.1) is 0 Å². The molecular weight excluding hydrogens is 272 g/mol. The lowest BCUT2D eigenvalue weighted by Gasteiger charge is -2.25. The van der Waals surface area contributed by atoms with Crippen molar-refractivity contribution in [2.24, 2.45) is 11.7 Å². The summed E-state index contributed by atoms with van der Waals surface area (Å²) in [7, 11) is 0. The number of aldehydes is 1. The molecule has 0 heterocycles. The van der Waals surface area contributed by atoms with Gasteiger partial charge in [0, 0.05) is 18.9 Å². The average molecular weight is 292 g/mol. The molecule has 0 aliphatic rings. The van der Waals surface area contributed by atoms with E-state index in [1.807, 2.05) is 0 Å². The molecule has 0 radical (unpaired) electrons. The summed E-state index contributed by atoms with van der Waals surface area (Å²) in [5, 5.41) is 39.0. The first kappa shape index (κ1) is 18.4. The summed E-state index contributed by atoms with van der Waals surface area (Å²) in [4.78, 5) is 32.0. The number of amides is 1. The maximum atomic E-state index is 11.3. The van der Waals surface area contributed by atoms with Gasteiger partial charge in [-0.05, 0) is 0 Å². The molecular formula is C11H20N2O7. The SMILES string of the molecule is C[C@@H](CNC(=O)C[C@@H](N)C=O)[C@@H](O)[C@H](O)[C@H](O)C(=O)O. The average Bonchev–Trinajstić information content (AvgIpc) is 2.41. The molecule has 0 aromatic carbocycles. The number of aliphatic carboxylic acids is 1. The lowest BCUT2D eigenvalue weighted by atomic mass is 9.96. The molecule has 0 bridgehead atoms. The molecule has 20 heavy (non-hydrogen) atoms. The molecule has 116 valence electrons. The van der Waals surface area contributed by atoms with Gasteiger partial charge in [0.15, 0.2) is 6.10 Å². The smallest absolute Gasteiger partial charge is 0.335 e.